The highest BCUT2D eigenvalue weighted by Crippen LogP contribution is 2.62. The van der Waals surface area contributed by atoms with Crippen LogP contribution in [0.4, 0.5) is 0 Å². The van der Waals surface area contributed by atoms with Crippen LogP contribution in [0.3, 0.4) is 0 Å². The Kier molecular flexibility index (Phi) is 3.48. The Morgan fingerprint density at radius 3 is 2.89 bits per heavy atom. The first-order valence-corrected chi connectivity index (χ1v) is 10.2. The lowest BCUT2D eigenvalue weighted by atomic mass is 9.53. The molecule has 28 heavy (non-hydrogen) atoms. The fraction of sp³-hybridized carbons (Fsp3) is 0.417. The highest BCUT2D eigenvalue weighted by Gasteiger charge is 2.64. The molecule has 2 unspecified atom stereocenters. The summed E-state index contributed by atoms with van der Waals surface area (Å²) in [5.41, 5.74) is 3.68. The summed E-state index contributed by atoms with van der Waals surface area (Å²) in [6, 6.07) is 15.0. The van der Waals surface area contributed by atoms with Gasteiger partial charge in [-0.2, -0.15) is 0 Å². The average molecular weight is 375 g/mol. The van der Waals surface area contributed by atoms with Crippen molar-refractivity contribution in [2.75, 3.05) is 13.6 Å². The van der Waals surface area contributed by atoms with Gasteiger partial charge in [0, 0.05) is 22.9 Å². The van der Waals surface area contributed by atoms with E-state index in [1.807, 2.05) is 24.3 Å². The first-order valence-electron chi connectivity index (χ1n) is 10.2. The fourth-order valence-electron chi connectivity index (χ4n) is 6.08. The largest absolute Gasteiger partial charge is 0.485 e. The Morgan fingerprint density at radius 1 is 1.18 bits per heavy atom. The Labute approximate surface area is 165 Å². The van der Waals surface area contributed by atoms with E-state index < -0.39 is 6.10 Å². The summed E-state index contributed by atoms with van der Waals surface area (Å²) < 4.78 is 12.7. The van der Waals surface area contributed by atoms with Gasteiger partial charge in [-0.15, -0.1) is 0 Å². The maximum absolute atomic E-state index is 10.8. The molecule has 0 amide bonds. The van der Waals surface area contributed by atoms with Crippen molar-refractivity contribution >= 4 is 0 Å². The molecule has 1 spiro atoms. The lowest BCUT2D eigenvalue weighted by Crippen LogP contribution is -2.64. The summed E-state index contributed by atoms with van der Waals surface area (Å²) in [5, 5.41) is 10.8. The molecule has 1 fully saturated rings. The van der Waals surface area contributed by atoms with Gasteiger partial charge in [0.2, 0.25) is 0 Å². The third-order valence-corrected chi connectivity index (χ3v) is 7.37. The second kappa shape index (κ2) is 5.85. The van der Waals surface area contributed by atoms with Crippen LogP contribution < -0.4 is 9.47 Å². The van der Waals surface area contributed by atoms with Gasteiger partial charge in [0.15, 0.2) is 11.5 Å². The van der Waals surface area contributed by atoms with E-state index in [0.29, 0.717) is 18.6 Å². The summed E-state index contributed by atoms with van der Waals surface area (Å²) in [5.74, 6) is 2.06. The molecule has 2 aromatic rings. The van der Waals surface area contributed by atoms with Crippen LogP contribution in [0, 0.1) is 5.92 Å². The molecule has 0 saturated carbocycles. The first-order chi connectivity index (χ1) is 13.7. The zero-order chi connectivity index (χ0) is 18.9. The summed E-state index contributed by atoms with van der Waals surface area (Å²) in [4.78, 5) is 2.48. The van der Waals surface area contributed by atoms with Crippen molar-refractivity contribution in [2.24, 2.45) is 5.92 Å². The summed E-state index contributed by atoms with van der Waals surface area (Å²) in [6.07, 6.45) is 5.45. The van der Waals surface area contributed by atoms with Crippen LogP contribution in [0.2, 0.25) is 0 Å². The number of likely N-dealkylation sites (N-methyl/N-ethyl adjacent to an activating group) is 1. The monoisotopic (exact) mass is 375 g/mol. The predicted octanol–water partition coefficient (Wildman–Crippen LogP) is 3.07. The van der Waals surface area contributed by atoms with Crippen LogP contribution in [0.1, 0.15) is 23.1 Å². The third kappa shape index (κ3) is 2.08. The van der Waals surface area contributed by atoms with Crippen molar-refractivity contribution in [1.82, 2.24) is 4.90 Å². The van der Waals surface area contributed by atoms with Gasteiger partial charge in [-0.25, -0.2) is 0 Å². The normalized spacial score (nSPS) is 34.6. The van der Waals surface area contributed by atoms with Gasteiger partial charge >= 0.3 is 0 Å². The second-order valence-corrected chi connectivity index (χ2v) is 8.68. The van der Waals surface area contributed by atoms with Crippen LogP contribution in [0.15, 0.2) is 54.6 Å². The van der Waals surface area contributed by atoms with E-state index in [9.17, 15) is 5.11 Å². The van der Waals surface area contributed by atoms with Crippen LogP contribution >= 0.6 is 0 Å². The maximum Gasteiger partial charge on any atom is 0.166 e. The van der Waals surface area contributed by atoms with E-state index in [0.717, 1.165) is 36.4 Å². The number of likely N-dealkylation sites (tertiary alicyclic amines) is 1. The van der Waals surface area contributed by atoms with E-state index in [-0.39, 0.29) is 11.5 Å². The smallest absolute Gasteiger partial charge is 0.166 e. The molecule has 2 aliphatic carbocycles. The summed E-state index contributed by atoms with van der Waals surface area (Å²) in [6.45, 7) is 1.55. The van der Waals surface area contributed by atoms with Crippen molar-refractivity contribution in [3.05, 3.63) is 71.3 Å². The molecule has 2 heterocycles. The van der Waals surface area contributed by atoms with E-state index in [1.165, 1.54) is 11.1 Å². The van der Waals surface area contributed by atoms with Crippen molar-refractivity contribution in [1.29, 1.82) is 0 Å². The molecule has 2 aromatic carbocycles. The highest BCUT2D eigenvalue weighted by atomic mass is 16.5. The molecule has 1 N–H and O–H groups in total. The van der Waals surface area contributed by atoms with Crippen molar-refractivity contribution < 1.29 is 14.6 Å². The van der Waals surface area contributed by atoms with Crippen molar-refractivity contribution in [3.63, 3.8) is 0 Å². The van der Waals surface area contributed by atoms with Gasteiger partial charge in [-0.05, 0) is 43.6 Å². The number of piperidine rings is 1. The van der Waals surface area contributed by atoms with E-state index in [1.54, 1.807) is 0 Å². The zero-order valence-corrected chi connectivity index (χ0v) is 16.0. The number of rotatable bonds is 3. The number of ether oxygens (including phenoxy) is 2. The Balaban J connectivity index is 1.45. The Morgan fingerprint density at radius 2 is 2.04 bits per heavy atom. The van der Waals surface area contributed by atoms with Crippen molar-refractivity contribution in [2.45, 2.75) is 43.1 Å². The van der Waals surface area contributed by atoms with Crippen LogP contribution in [-0.4, -0.2) is 41.8 Å². The minimum absolute atomic E-state index is 0.125. The molecule has 144 valence electrons. The lowest BCUT2D eigenvalue weighted by molar-refractivity contribution is -0.0454. The molecular formula is C24H25NO3. The molecule has 1 saturated heterocycles. The van der Waals surface area contributed by atoms with E-state index in [4.69, 9.17) is 9.47 Å². The molecule has 5 atom stereocenters. The number of aliphatic hydroxyl groups is 1. The molecule has 4 aliphatic rings. The van der Waals surface area contributed by atoms with Crippen LogP contribution in [0.25, 0.3) is 0 Å². The number of hydrogen-bond donors (Lipinski definition) is 1. The topological polar surface area (TPSA) is 41.9 Å². The molecular weight excluding hydrogens is 350 g/mol. The molecule has 2 bridgehead atoms. The number of benzene rings is 2. The quantitative estimate of drug-likeness (QED) is 0.838. The predicted molar refractivity (Wildman–Crippen MR) is 107 cm³/mol. The third-order valence-electron chi connectivity index (χ3n) is 7.37. The number of hydrogen-bond acceptors (Lipinski definition) is 4. The molecule has 0 aromatic heterocycles. The molecule has 4 nitrogen and oxygen atoms in total. The summed E-state index contributed by atoms with van der Waals surface area (Å²) >= 11 is 0. The molecule has 0 radical (unpaired) electrons. The van der Waals surface area contributed by atoms with E-state index in [2.05, 4.69) is 42.3 Å². The van der Waals surface area contributed by atoms with Crippen LogP contribution in [-0.2, 0) is 18.4 Å². The molecule has 6 rings (SSSR count). The minimum atomic E-state index is -0.569. The number of aliphatic hydroxyl groups excluding tert-OH is 1. The van der Waals surface area contributed by atoms with Gasteiger partial charge < -0.3 is 19.5 Å². The SMILES string of the molecule is CN1CC[C@]23c4c5ccc(OCc6ccccc6)c4OC2C(O)C=C[C@H]3[C@H]1C5. The first kappa shape index (κ1) is 16.6. The lowest BCUT2D eigenvalue weighted by Gasteiger charge is -2.56. The Bertz CT molecular complexity index is 956. The Hall–Kier alpha value is -2.30. The van der Waals surface area contributed by atoms with Gasteiger partial charge in [-0.3, -0.25) is 0 Å². The highest BCUT2D eigenvalue weighted by molar-refractivity contribution is 5.62. The molecule has 4 heteroatoms. The second-order valence-electron chi connectivity index (χ2n) is 8.68. The molecule has 2 aliphatic heterocycles. The van der Waals surface area contributed by atoms with Gasteiger partial charge in [0.1, 0.15) is 18.8 Å². The standard InChI is InChI=1S/C24H25NO3/c1-25-12-11-24-17-8-9-19(26)23(24)28-22-20(27-14-15-5-3-2-4-6-15)10-7-16(21(22)24)13-18(17)25/h2-10,17-19,23,26H,11-14H2,1H3/t17-,18+,19?,23?,24-/m0/s1. The maximum atomic E-state index is 10.8. The zero-order valence-electron chi connectivity index (χ0n) is 16.0. The minimum Gasteiger partial charge on any atom is -0.485 e. The fourth-order valence-corrected chi connectivity index (χ4v) is 6.08. The van der Waals surface area contributed by atoms with Gasteiger partial charge in [0.05, 0.1) is 0 Å². The van der Waals surface area contributed by atoms with E-state index >= 15 is 0 Å². The summed E-state index contributed by atoms with van der Waals surface area (Å²) in [7, 11) is 2.23. The van der Waals surface area contributed by atoms with Gasteiger partial charge in [-0.1, -0.05) is 48.6 Å². The average Bonchev–Trinajstić information content (AvgIpc) is 3.07. The van der Waals surface area contributed by atoms with Crippen molar-refractivity contribution in [3.8, 4) is 11.5 Å². The van der Waals surface area contributed by atoms with Gasteiger partial charge in [0.25, 0.3) is 0 Å². The number of nitrogens with zero attached hydrogens (tertiary/aromatic N) is 1. The van der Waals surface area contributed by atoms with Crippen LogP contribution in [0.5, 0.6) is 11.5 Å².